The number of benzene rings is 1. The van der Waals surface area contributed by atoms with Gasteiger partial charge in [0.1, 0.15) is 0 Å². The molecule has 5 rings (SSSR count). The van der Waals surface area contributed by atoms with Gasteiger partial charge in [-0.05, 0) is 73.7 Å². The largest absolute Gasteiger partial charge is 0.493 e. The van der Waals surface area contributed by atoms with Gasteiger partial charge >= 0.3 is 0 Å². The van der Waals surface area contributed by atoms with Crippen LogP contribution in [-0.2, 0) is 4.79 Å². The minimum atomic E-state index is -0.0873. The van der Waals surface area contributed by atoms with E-state index in [1.165, 1.54) is 29.7 Å². The third kappa shape index (κ3) is 4.79. The molecule has 34 heavy (non-hydrogen) atoms. The molecule has 0 radical (unpaired) electrons. The fourth-order valence-electron chi connectivity index (χ4n) is 5.73. The average molecular weight is 484 g/mol. The van der Waals surface area contributed by atoms with Crippen LogP contribution in [0.2, 0.25) is 0 Å². The molecule has 2 amide bonds. The molecule has 0 spiro atoms. The summed E-state index contributed by atoms with van der Waals surface area (Å²) in [6.07, 6.45) is 4.90. The number of carbonyl (C=O) groups excluding carboxylic acids is 2. The molecule has 4 bridgehead atoms. The highest BCUT2D eigenvalue weighted by molar-refractivity contribution is 7.08. The van der Waals surface area contributed by atoms with Crippen molar-refractivity contribution in [3.05, 3.63) is 46.2 Å². The lowest BCUT2D eigenvalue weighted by atomic mass is 9.94. The first-order chi connectivity index (χ1) is 16.6. The maximum absolute atomic E-state index is 13.0. The summed E-state index contributed by atoms with van der Waals surface area (Å²) in [5.41, 5.74) is 1.90. The molecule has 1 N–H and O–H groups in total. The van der Waals surface area contributed by atoms with Crippen molar-refractivity contribution in [2.75, 3.05) is 39.9 Å². The summed E-state index contributed by atoms with van der Waals surface area (Å²) in [5, 5.41) is 6.89. The number of rotatable bonds is 2. The molecule has 3 aliphatic rings. The number of methoxy groups -OCH3 is 1. The summed E-state index contributed by atoms with van der Waals surface area (Å²) in [4.78, 5) is 30.2. The number of nitrogens with one attached hydrogen (secondary N) is 1. The highest BCUT2D eigenvalue weighted by Crippen LogP contribution is 2.46. The summed E-state index contributed by atoms with van der Waals surface area (Å²) in [5.74, 6) is 1.77. The van der Waals surface area contributed by atoms with Crippen molar-refractivity contribution in [2.24, 2.45) is 5.92 Å². The van der Waals surface area contributed by atoms with Gasteiger partial charge in [0.15, 0.2) is 11.5 Å². The highest BCUT2D eigenvalue weighted by atomic mass is 32.1. The zero-order valence-corrected chi connectivity index (χ0v) is 20.5. The van der Waals surface area contributed by atoms with E-state index in [0.717, 1.165) is 37.3 Å². The predicted octanol–water partition coefficient (Wildman–Crippen LogP) is 3.71. The van der Waals surface area contributed by atoms with Gasteiger partial charge in [-0.1, -0.05) is 6.07 Å². The first-order valence-electron chi connectivity index (χ1n) is 12.3. The number of ether oxygens (including phenoxy) is 2. The number of hydrogen-bond acceptors (Lipinski definition) is 6. The first kappa shape index (κ1) is 23.2. The molecular formula is C26H33N3O4S. The van der Waals surface area contributed by atoms with Gasteiger partial charge in [0.05, 0.1) is 25.8 Å². The molecule has 0 unspecified atom stereocenters. The quantitative estimate of drug-likeness (QED) is 0.705. The second kappa shape index (κ2) is 10.4. The van der Waals surface area contributed by atoms with Crippen LogP contribution in [0.25, 0.3) is 0 Å². The van der Waals surface area contributed by atoms with Crippen molar-refractivity contribution in [1.29, 1.82) is 0 Å². The van der Waals surface area contributed by atoms with Gasteiger partial charge in [-0.15, -0.1) is 0 Å². The minimum Gasteiger partial charge on any atom is -0.493 e. The lowest BCUT2D eigenvalue weighted by Gasteiger charge is -2.25. The van der Waals surface area contributed by atoms with Gasteiger partial charge in [-0.2, -0.15) is 11.3 Å². The van der Waals surface area contributed by atoms with Gasteiger partial charge < -0.3 is 19.7 Å². The Labute approximate surface area is 205 Å². The zero-order valence-electron chi connectivity index (χ0n) is 19.7. The van der Waals surface area contributed by atoms with Gasteiger partial charge in [-0.3, -0.25) is 14.5 Å². The summed E-state index contributed by atoms with van der Waals surface area (Å²) in [6.45, 7) is 2.88. The van der Waals surface area contributed by atoms with Crippen molar-refractivity contribution in [3.8, 4) is 11.5 Å². The van der Waals surface area contributed by atoms with Crippen LogP contribution in [0, 0.1) is 5.92 Å². The Morgan fingerprint density at radius 2 is 2.12 bits per heavy atom. The second-order valence-corrected chi connectivity index (χ2v) is 10.2. The zero-order chi connectivity index (χ0) is 23.5. The Balaban J connectivity index is 1.38. The van der Waals surface area contributed by atoms with Crippen LogP contribution in [0.15, 0.2) is 35.0 Å². The summed E-state index contributed by atoms with van der Waals surface area (Å²) in [6, 6.07) is 8.93. The van der Waals surface area contributed by atoms with E-state index >= 15 is 0 Å². The van der Waals surface area contributed by atoms with Crippen LogP contribution in [0.1, 0.15) is 54.1 Å². The van der Waals surface area contributed by atoms with Crippen LogP contribution in [0.3, 0.4) is 0 Å². The molecule has 1 aromatic heterocycles. The van der Waals surface area contributed by atoms with Gasteiger partial charge in [-0.25, -0.2) is 0 Å². The second-order valence-electron chi connectivity index (χ2n) is 9.47. The van der Waals surface area contributed by atoms with Crippen molar-refractivity contribution in [2.45, 2.75) is 44.2 Å². The predicted molar refractivity (Wildman–Crippen MR) is 132 cm³/mol. The van der Waals surface area contributed by atoms with Crippen LogP contribution in [-0.4, -0.2) is 67.6 Å². The van der Waals surface area contributed by atoms with Crippen LogP contribution >= 0.6 is 11.3 Å². The Bertz CT molecular complexity index is 1010. The lowest BCUT2D eigenvalue weighted by molar-refractivity contribution is -0.122. The van der Waals surface area contributed by atoms with E-state index in [9.17, 15) is 9.59 Å². The van der Waals surface area contributed by atoms with Crippen molar-refractivity contribution >= 4 is 23.2 Å². The number of thiophene rings is 1. The van der Waals surface area contributed by atoms with E-state index in [1.807, 2.05) is 22.9 Å². The van der Waals surface area contributed by atoms with Crippen molar-refractivity contribution in [1.82, 2.24) is 15.1 Å². The third-order valence-corrected chi connectivity index (χ3v) is 8.10. The normalized spacial score (nSPS) is 26.0. The molecule has 8 heteroatoms. The molecule has 2 fully saturated rings. The number of nitrogens with zero attached hydrogens (tertiary/aromatic N) is 2. The van der Waals surface area contributed by atoms with E-state index in [0.29, 0.717) is 43.3 Å². The average Bonchev–Trinajstić information content (AvgIpc) is 3.60. The molecule has 182 valence electrons. The van der Waals surface area contributed by atoms with E-state index in [1.54, 1.807) is 12.0 Å². The Morgan fingerprint density at radius 1 is 1.21 bits per heavy atom. The molecular weight excluding hydrogens is 450 g/mol. The van der Waals surface area contributed by atoms with E-state index in [2.05, 4.69) is 22.3 Å². The third-order valence-electron chi connectivity index (χ3n) is 7.42. The molecule has 2 saturated heterocycles. The summed E-state index contributed by atoms with van der Waals surface area (Å²) < 4.78 is 11.7. The standard InChI is InChI=1S/C26H33N3O4S/c1-32-23-7-6-18-14-24(23)33-11-3-2-9-28(26(31)19-8-12-34-17-19)16-25(30)27-15-20-13-22(18)29-10-4-5-21(20)29/h6-8,12,14,17,20-22H,2-5,9-11,13,15-16H2,1H3,(H,27,30)/t20-,21+,22-/m1/s1. The SMILES string of the molecule is COc1ccc2cc1OCCCCN(C(=O)c1ccsc1)CC(=O)NC[C@H]1C[C@H]2N2CCC[C@@H]12. The monoisotopic (exact) mass is 483 g/mol. The molecule has 4 heterocycles. The van der Waals surface area contributed by atoms with Crippen molar-refractivity contribution in [3.63, 3.8) is 0 Å². The molecule has 0 aliphatic carbocycles. The Kier molecular flexibility index (Phi) is 7.06. The first-order valence-corrected chi connectivity index (χ1v) is 13.2. The van der Waals surface area contributed by atoms with Gasteiger partial charge in [0.25, 0.3) is 5.91 Å². The minimum absolute atomic E-state index is 0.0772. The number of fused-ring (bicyclic) bond motifs is 8. The van der Waals surface area contributed by atoms with Gasteiger partial charge in [0, 0.05) is 30.6 Å². The maximum Gasteiger partial charge on any atom is 0.255 e. The number of amides is 2. The van der Waals surface area contributed by atoms with Crippen molar-refractivity contribution < 1.29 is 19.1 Å². The van der Waals surface area contributed by atoms with E-state index in [4.69, 9.17) is 9.47 Å². The maximum atomic E-state index is 13.0. The fourth-order valence-corrected chi connectivity index (χ4v) is 6.36. The molecule has 1 aromatic carbocycles. The summed E-state index contributed by atoms with van der Waals surface area (Å²) in [7, 11) is 1.67. The highest BCUT2D eigenvalue weighted by Gasteiger charge is 2.44. The van der Waals surface area contributed by atoms with E-state index in [-0.39, 0.29) is 18.4 Å². The van der Waals surface area contributed by atoms with Crippen LogP contribution in [0.5, 0.6) is 11.5 Å². The molecule has 0 saturated carbocycles. The Morgan fingerprint density at radius 3 is 2.94 bits per heavy atom. The number of hydrogen-bond donors (Lipinski definition) is 1. The summed E-state index contributed by atoms with van der Waals surface area (Å²) >= 11 is 1.49. The number of carbonyl (C=O) groups is 2. The van der Waals surface area contributed by atoms with E-state index < -0.39 is 0 Å². The fraction of sp³-hybridized carbons (Fsp3) is 0.538. The molecule has 3 aliphatic heterocycles. The Hall–Kier alpha value is -2.58. The smallest absolute Gasteiger partial charge is 0.255 e. The van der Waals surface area contributed by atoms with Crippen LogP contribution < -0.4 is 14.8 Å². The molecule has 3 atom stereocenters. The molecule has 2 aromatic rings. The molecule has 7 nitrogen and oxygen atoms in total. The van der Waals surface area contributed by atoms with Gasteiger partial charge in [0.2, 0.25) is 5.91 Å². The van der Waals surface area contributed by atoms with Crippen LogP contribution in [0.4, 0.5) is 0 Å². The topological polar surface area (TPSA) is 71.1 Å². The lowest BCUT2D eigenvalue weighted by Crippen LogP contribution is -2.43.